The van der Waals surface area contributed by atoms with Gasteiger partial charge in [-0.1, -0.05) is 55.5 Å². The molecule has 5 nitrogen and oxygen atoms in total. The maximum atomic E-state index is 13.0. The molecule has 6 heteroatoms. The lowest BCUT2D eigenvalue weighted by Gasteiger charge is -2.19. The Bertz CT molecular complexity index is 1050. The smallest absolute Gasteiger partial charge is 0.262 e. The van der Waals surface area contributed by atoms with Gasteiger partial charge < -0.3 is 15.0 Å². The van der Waals surface area contributed by atoms with Crippen LogP contribution in [0.4, 0.5) is 5.69 Å². The van der Waals surface area contributed by atoms with E-state index in [0.29, 0.717) is 23.5 Å². The number of amides is 2. The van der Waals surface area contributed by atoms with Gasteiger partial charge in [0.05, 0.1) is 15.7 Å². The third-order valence-electron chi connectivity index (χ3n) is 4.80. The second-order valence-corrected chi connectivity index (χ2v) is 8.00. The van der Waals surface area contributed by atoms with Crippen molar-refractivity contribution in [2.24, 2.45) is 0 Å². The number of ether oxygens (including phenoxy) is 1. The van der Waals surface area contributed by atoms with Gasteiger partial charge in [0.15, 0.2) is 6.61 Å². The minimum absolute atomic E-state index is 0.160. The van der Waals surface area contributed by atoms with Gasteiger partial charge in [-0.2, -0.15) is 0 Å². The Hall–Kier alpha value is -3.12. The molecule has 0 saturated carbocycles. The van der Waals surface area contributed by atoms with E-state index >= 15 is 0 Å². The van der Waals surface area contributed by atoms with Crippen LogP contribution in [0.3, 0.4) is 0 Å². The number of rotatable bonds is 8. The van der Waals surface area contributed by atoms with Crippen molar-refractivity contribution in [2.75, 3.05) is 19.0 Å². The standard InChI is InChI=1S/C25H25BrN2O3/c1-3-18-13-14-23(21(26)15-18)31-17-24(29)27-22-12-8-7-11-20(22)25(30)28(2)16-19-9-5-4-6-10-19/h4-15H,3,16-17H2,1-2H3,(H,27,29). The van der Waals surface area contributed by atoms with Crippen LogP contribution in [0.1, 0.15) is 28.4 Å². The maximum absolute atomic E-state index is 13.0. The van der Waals surface area contributed by atoms with Gasteiger partial charge in [-0.15, -0.1) is 0 Å². The van der Waals surface area contributed by atoms with E-state index in [2.05, 4.69) is 28.2 Å². The number of halogens is 1. The van der Waals surface area contributed by atoms with Crippen molar-refractivity contribution in [3.63, 3.8) is 0 Å². The van der Waals surface area contributed by atoms with Crippen LogP contribution in [0.15, 0.2) is 77.3 Å². The predicted octanol–water partition coefficient (Wildman–Crippen LogP) is 5.30. The number of para-hydroxylation sites is 1. The summed E-state index contributed by atoms with van der Waals surface area (Å²) < 4.78 is 6.45. The SMILES string of the molecule is CCc1ccc(OCC(=O)Nc2ccccc2C(=O)N(C)Cc2ccccc2)c(Br)c1. The molecule has 3 rings (SSSR count). The average molecular weight is 481 g/mol. The summed E-state index contributed by atoms with van der Waals surface area (Å²) in [6, 6.07) is 22.5. The molecule has 3 aromatic rings. The summed E-state index contributed by atoms with van der Waals surface area (Å²) in [5, 5.41) is 2.80. The molecule has 0 atom stereocenters. The third kappa shape index (κ3) is 6.18. The maximum Gasteiger partial charge on any atom is 0.262 e. The van der Waals surface area contributed by atoms with E-state index in [-0.39, 0.29) is 18.4 Å². The highest BCUT2D eigenvalue weighted by atomic mass is 79.9. The quantitative estimate of drug-likeness (QED) is 0.475. The molecule has 0 heterocycles. The van der Waals surface area contributed by atoms with Gasteiger partial charge in [-0.3, -0.25) is 9.59 Å². The molecule has 0 saturated heterocycles. The molecule has 0 aliphatic heterocycles. The molecule has 0 aromatic heterocycles. The first-order chi connectivity index (χ1) is 15.0. The summed E-state index contributed by atoms with van der Waals surface area (Å²) in [5.74, 6) is 0.0929. The molecular formula is C25H25BrN2O3. The highest BCUT2D eigenvalue weighted by Gasteiger charge is 2.17. The number of carbonyl (C=O) groups excluding carboxylic acids is 2. The minimum Gasteiger partial charge on any atom is -0.483 e. The molecule has 3 aromatic carbocycles. The van der Waals surface area contributed by atoms with Gasteiger partial charge in [-0.05, 0) is 57.7 Å². The predicted molar refractivity (Wildman–Crippen MR) is 126 cm³/mol. The van der Waals surface area contributed by atoms with Gasteiger partial charge >= 0.3 is 0 Å². The summed E-state index contributed by atoms with van der Waals surface area (Å²) in [6.45, 7) is 2.39. The Morgan fingerprint density at radius 1 is 0.968 bits per heavy atom. The van der Waals surface area contributed by atoms with Crippen LogP contribution in [0.2, 0.25) is 0 Å². The van der Waals surface area contributed by atoms with E-state index < -0.39 is 0 Å². The number of nitrogens with zero attached hydrogens (tertiary/aromatic N) is 1. The normalized spacial score (nSPS) is 10.4. The summed E-state index contributed by atoms with van der Waals surface area (Å²) in [7, 11) is 1.74. The highest BCUT2D eigenvalue weighted by molar-refractivity contribution is 9.10. The average Bonchev–Trinajstić information content (AvgIpc) is 2.78. The Balaban J connectivity index is 1.64. The van der Waals surface area contributed by atoms with Crippen LogP contribution in [-0.2, 0) is 17.8 Å². The first kappa shape index (κ1) is 22.6. The Morgan fingerprint density at radius 3 is 2.39 bits per heavy atom. The lowest BCUT2D eigenvalue weighted by atomic mass is 10.1. The summed E-state index contributed by atoms with van der Waals surface area (Å²) in [5.41, 5.74) is 3.10. The molecule has 0 bridgehead atoms. The monoisotopic (exact) mass is 480 g/mol. The van der Waals surface area contributed by atoms with Crippen LogP contribution in [0.25, 0.3) is 0 Å². The van der Waals surface area contributed by atoms with Gasteiger partial charge in [0.25, 0.3) is 11.8 Å². The Kier molecular flexibility index (Phi) is 7.84. The number of hydrogen-bond donors (Lipinski definition) is 1. The van der Waals surface area contributed by atoms with Crippen molar-refractivity contribution in [3.8, 4) is 5.75 Å². The topological polar surface area (TPSA) is 58.6 Å². The fourth-order valence-corrected chi connectivity index (χ4v) is 3.66. The van der Waals surface area contributed by atoms with Crippen LogP contribution in [0, 0.1) is 0 Å². The van der Waals surface area contributed by atoms with Crippen molar-refractivity contribution in [1.82, 2.24) is 4.90 Å². The molecule has 0 unspecified atom stereocenters. The zero-order valence-corrected chi connectivity index (χ0v) is 19.2. The second-order valence-electron chi connectivity index (χ2n) is 7.15. The van der Waals surface area contributed by atoms with Crippen molar-refractivity contribution in [1.29, 1.82) is 0 Å². The zero-order valence-electron chi connectivity index (χ0n) is 17.6. The van der Waals surface area contributed by atoms with Gasteiger partial charge in [0.2, 0.25) is 0 Å². The molecule has 2 amide bonds. The highest BCUT2D eigenvalue weighted by Crippen LogP contribution is 2.26. The minimum atomic E-state index is -0.336. The van der Waals surface area contributed by atoms with Crippen LogP contribution >= 0.6 is 15.9 Å². The lowest BCUT2D eigenvalue weighted by molar-refractivity contribution is -0.118. The summed E-state index contributed by atoms with van der Waals surface area (Å²) >= 11 is 3.47. The fraction of sp³-hybridized carbons (Fsp3) is 0.200. The van der Waals surface area contributed by atoms with Gasteiger partial charge in [-0.25, -0.2) is 0 Å². The van der Waals surface area contributed by atoms with Gasteiger partial charge in [0.1, 0.15) is 5.75 Å². The molecule has 0 spiro atoms. The fourth-order valence-electron chi connectivity index (χ4n) is 3.12. The number of hydrogen-bond acceptors (Lipinski definition) is 3. The van der Waals surface area contributed by atoms with Crippen LogP contribution < -0.4 is 10.1 Å². The number of anilines is 1. The van der Waals surface area contributed by atoms with E-state index in [1.165, 1.54) is 5.56 Å². The molecule has 1 N–H and O–H groups in total. The number of benzene rings is 3. The van der Waals surface area contributed by atoms with Crippen LogP contribution in [-0.4, -0.2) is 30.4 Å². The molecule has 0 aliphatic carbocycles. The van der Waals surface area contributed by atoms with Crippen molar-refractivity contribution >= 4 is 33.4 Å². The van der Waals surface area contributed by atoms with E-state index in [1.807, 2.05) is 48.5 Å². The van der Waals surface area contributed by atoms with E-state index in [1.54, 1.807) is 36.2 Å². The van der Waals surface area contributed by atoms with Gasteiger partial charge in [0, 0.05) is 13.6 Å². The Labute approximate surface area is 191 Å². The number of aryl methyl sites for hydroxylation is 1. The molecule has 0 fully saturated rings. The Morgan fingerprint density at radius 2 is 1.68 bits per heavy atom. The number of nitrogens with one attached hydrogen (secondary N) is 1. The van der Waals surface area contributed by atoms with E-state index in [0.717, 1.165) is 16.5 Å². The molecular weight excluding hydrogens is 456 g/mol. The second kappa shape index (κ2) is 10.8. The first-order valence-corrected chi connectivity index (χ1v) is 10.9. The molecule has 31 heavy (non-hydrogen) atoms. The molecule has 160 valence electrons. The van der Waals surface area contributed by atoms with E-state index in [4.69, 9.17) is 4.74 Å². The summed E-state index contributed by atoms with van der Waals surface area (Å²) in [6.07, 6.45) is 0.920. The number of carbonyl (C=O) groups is 2. The third-order valence-corrected chi connectivity index (χ3v) is 5.42. The van der Waals surface area contributed by atoms with Crippen molar-refractivity contribution in [2.45, 2.75) is 19.9 Å². The lowest BCUT2D eigenvalue weighted by Crippen LogP contribution is -2.28. The van der Waals surface area contributed by atoms with E-state index in [9.17, 15) is 9.59 Å². The zero-order chi connectivity index (χ0) is 22.2. The summed E-state index contributed by atoms with van der Waals surface area (Å²) in [4.78, 5) is 27.1. The van der Waals surface area contributed by atoms with Crippen LogP contribution in [0.5, 0.6) is 5.75 Å². The first-order valence-electron chi connectivity index (χ1n) is 10.1. The largest absolute Gasteiger partial charge is 0.483 e. The molecule has 0 radical (unpaired) electrons. The van der Waals surface area contributed by atoms with Crippen molar-refractivity contribution < 1.29 is 14.3 Å². The van der Waals surface area contributed by atoms with Crippen molar-refractivity contribution in [3.05, 3.63) is 94.0 Å². The molecule has 0 aliphatic rings.